The van der Waals surface area contributed by atoms with Gasteiger partial charge < -0.3 is 9.84 Å². The number of benzene rings is 1. The number of hydrogen-bond acceptors (Lipinski definition) is 7. The number of amides is 1. The molecule has 1 N–H and O–H groups in total. The van der Waals surface area contributed by atoms with E-state index in [2.05, 4.69) is 51.6 Å². The minimum Gasteiger partial charge on any atom is -0.348 e. The molecule has 0 unspecified atom stereocenters. The van der Waals surface area contributed by atoms with Gasteiger partial charge in [-0.2, -0.15) is 4.98 Å². The van der Waals surface area contributed by atoms with E-state index >= 15 is 0 Å². The lowest BCUT2D eigenvalue weighted by Crippen LogP contribution is -2.25. The van der Waals surface area contributed by atoms with Crippen LogP contribution in [0.2, 0.25) is 0 Å². The predicted octanol–water partition coefficient (Wildman–Crippen LogP) is 3.45. The van der Waals surface area contributed by atoms with Crippen molar-refractivity contribution in [2.75, 3.05) is 0 Å². The maximum absolute atomic E-state index is 12.4. The number of aryl methyl sites for hydroxylation is 1. The Morgan fingerprint density at radius 1 is 1.20 bits per heavy atom. The zero-order valence-electron chi connectivity index (χ0n) is 17.0. The number of pyridine rings is 1. The van der Waals surface area contributed by atoms with Gasteiger partial charge in [0, 0.05) is 16.3 Å². The van der Waals surface area contributed by atoms with Crippen molar-refractivity contribution in [1.29, 1.82) is 0 Å². The van der Waals surface area contributed by atoms with Crippen LogP contribution in [0, 0.1) is 6.92 Å². The average Bonchev–Trinajstić information content (AvgIpc) is 3.33. The average molecular weight is 423 g/mol. The molecule has 3 aromatic heterocycles. The molecule has 3 heterocycles. The Labute approximate surface area is 178 Å². The molecule has 1 aromatic carbocycles. The maximum Gasteiger partial charge on any atom is 0.261 e. The topological polar surface area (TPSA) is 98.2 Å². The fourth-order valence-corrected chi connectivity index (χ4v) is 3.88. The molecule has 154 valence electrons. The summed E-state index contributed by atoms with van der Waals surface area (Å²) in [5.74, 6) is 1.50. The molecule has 0 fully saturated rings. The Balaban J connectivity index is 1.42. The summed E-state index contributed by atoms with van der Waals surface area (Å²) in [5.41, 5.74) is 2.27. The van der Waals surface area contributed by atoms with Gasteiger partial charge in [-0.05, 0) is 36.8 Å². The van der Waals surface area contributed by atoms with Crippen molar-refractivity contribution >= 4 is 23.3 Å². The first kappa shape index (κ1) is 20.1. The standard InChI is InChI=1S/C21H22N6O2S/c1-13(2)30-16-8-6-15(7-9-16)11-19(28)22-12-18-24-25-20-17(5-4-10-27(18)20)21-23-14(3)26-29-21/h4-10,13H,11-12H2,1-3H3,(H,22,28). The summed E-state index contributed by atoms with van der Waals surface area (Å²) in [6.45, 7) is 6.35. The van der Waals surface area contributed by atoms with Crippen LogP contribution in [-0.4, -0.2) is 35.9 Å². The van der Waals surface area contributed by atoms with Crippen molar-refractivity contribution in [3.05, 3.63) is 59.8 Å². The minimum atomic E-state index is -0.0697. The molecule has 4 rings (SSSR count). The van der Waals surface area contributed by atoms with Crippen LogP contribution >= 0.6 is 11.8 Å². The maximum atomic E-state index is 12.4. The van der Waals surface area contributed by atoms with Crippen LogP contribution in [-0.2, 0) is 17.8 Å². The van der Waals surface area contributed by atoms with E-state index in [0.29, 0.717) is 40.4 Å². The highest BCUT2D eigenvalue weighted by Crippen LogP contribution is 2.23. The molecule has 0 aliphatic rings. The highest BCUT2D eigenvalue weighted by atomic mass is 32.2. The quantitative estimate of drug-likeness (QED) is 0.456. The lowest BCUT2D eigenvalue weighted by atomic mass is 10.1. The van der Waals surface area contributed by atoms with Gasteiger partial charge >= 0.3 is 0 Å². The predicted molar refractivity (Wildman–Crippen MR) is 114 cm³/mol. The summed E-state index contributed by atoms with van der Waals surface area (Å²) in [6.07, 6.45) is 2.16. The second-order valence-corrected chi connectivity index (χ2v) is 8.79. The van der Waals surface area contributed by atoms with E-state index in [9.17, 15) is 4.79 Å². The Hall–Kier alpha value is -3.20. The van der Waals surface area contributed by atoms with Crippen LogP contribution < -0.4 is 5.32 Å². The highest BCUT2D eigenvalue weighted by Gasteiger charge is 2.15. The third-order valence-corrected chi connectivity index (χ3v) is 5.38. The smallest absolute Gasteiger partial charge is 0.261 e. The molecule has 0 atom stereocenters. The molecule has 0 saturated heterocycles. The van der Waals surface area contributed by atoms with Gasteiger partial charge in [-0.1, -0.05) is 31.1 Å². The van der Waals surface area contributed by atoms with Gasteiger partial charge in [-0.3, -0.25) is 9.20 Å². The number of thioether (sulfide) groups is 1. The lowest BCUT2D eigenvalue weighted by molar-refractivity contribution is -0.120. The van der Waals surface area contributed by atoms with Crippen LogP contribution in [0.1, 0.15) is 31.1 Å². The fraction of sp³-hybridized carbons (Fsp3) is 0.286. The number of carbonyl (C=O) groups excluding carboxylic acids is 1. The number of rotatable bonds is 7. The second-order valence-electron chi connectivity index (χ2n) is 7.14. The Morgan fingerprint density at radius 3 is 2.70 bits per heavy atom. The number of aromatic nitrogens is 5. The molecule has 0 radical (unpaired) electrons. The molecule has 9 heteroatoms. The Morgan fingerprint density at radius 2 is 2.00 bits per heavy atom. The molecule has 0 spiro atoms. The molecule has 1 amide bonds. The van der Waals surface area contributed by atoms with Crippen molar-refractivity contribution in [3.8, 4) is 11.5 Å². The van der Waals surface area contributed by atoms with Crippen molar-refractivity contribution in [1.82, 2.24) is 30.1 Å². The number of hydrogen-bond donors (Lipinski definition) is 1. The van der Waals surface area contributed by atoms with Gasteiger partial charge in [0.05, 0.1) is 18.5 Å². The van der Waals surface area contributed by atoms with Gasteiger partial charge in [-0.25, -0.2) is 0 Å². The van der Waals surface area contributed by atoms with Crippen LogP contribution in [0.15, 0.2) is 52.0 Å². The zero-order chi connectivity index (χ0) is 21.1. The molecular formula is C21H22N6O2S. The normalized spacial score (nSPS) is 11.3. The van der Waals surface area contributed by atoms with Crippen molar-refractivity contribution in [2.45, 2.75) is 43.9 Å². The Kier molecular flexibility index (Phi) is 5.80. The molecule has 0 saturated carbocycles. The minimum absolute atomic E-state index is 0.0697. The van der Waals surface area contributed by atoms with Gasteiger partial charge in [-0.15, -0.1) is 22.0 Å². The molecule has 0 bridgehead atoms. The number of carbonyl (C=O) groups is 1. The van der Waals surface area contributed by atoms with Crippen molar-refractivity contribution < 1.29 is 9.32 Å². The first-order valence-electron chi connectivity index (χ1n) is 9.65. The first-order chi connectivity index (χ1) is 14.5. The molecule has 30 heavy (non-hydrogen) atoms. The molecule has 0 aliphatic carbocycles. The monoisotopic (exact) mass is 422 g/mol. The van der Waals surface area contributed by atoms with Crippen LogP contribution in [0.3, 0.4) is 0 Å². The molecule has 0 aliphatic heterocycles. The molecule has 8 nitrogen and oxygen atoms in total. The number of nitrogens with zero attached hydrogens (tertiary/aromatic N) is 5. The van der Waals surface area contributed by atoms with E-state index in [1.807, 2.05) is 34.9 Å². The van der Waals surface area contributed by atoms with Crippen molar-refractivity contribution in [2.24, 2.45) is 0 Å². The summed E-state index contributed by atoms with van der Waals surface area (Å²) >= 11 is 1.80. The van der Waals surface area contributed by atoms with Gasteiger partial charge in [0.15, 0.2) is 17.3 Å². The second kappa shape index (κ2) is 8.66. The van der Waals surface area contributed by atoms with Gasteiger partial charge in [0.1, 0.15) is 0 Å². The van der Waals surface area contributed by atoms with Crippen LogP contribution in [0.25, 0.3) is 17.1 Å². The summed E-state index contributed by atoms with van der Waals surface area (Å²) in [7, 11) is 0. The summed E-state index contributed by atoms with van der Waals surface area (Å²) in [6, 6.07) is 11.8. The van der Waals surface area contributed by atoms with E-state index in [0.717, 1.165) is 5.56 Å². The summed E-state index contributed by atoms with van der Waals surface area (Å²) in [5, 5.41) is 15.7. The molecule has 4 aromatic rings. The van der Waals surface area contributed by atoms with E-state index in [4.69, 9.17) is 4.52 Å². The van der Waals surface area contributed by atoms with E-state index in [1.54, 1.807) is 18.7 Å². The lowest BCUT2D eigenvalue weighted by Gasteiger charge is -2.07. The van der Waals surface area contributed by atoms with E-state index in [1.165, 1.54) is 4.90 Å². The number of nitrogens with one attached hydrogen (secondary N) is 1. The van der Waals surface area contributed by atoms with E-state index in [-0.39, 0.29) is 12.5 Å². The number of fused-ring (bicyclic) bond motifs is 1. The molecular weight excluding hydrogens is 400 g/mol. The zero-order valence-corrected chi connectivity index (χ0v) is 17.8. The van der Waals surface area contributed by atoms with Gasteiger partial charge in [0.25, 0.3) is 5.89 Å². The van der Waals surface area contributed by atoms with Crippen molar-refractivity contribution in [3.63, 3.8) is 0 Å². The summed E-state index contributed by atoms with van der Waals surface area (Å²) < 4.78 is 7.06. The third-order valence-electron chi connectivity index (χ3n) is 4.37. The largest absolute Gasteiger partial charge is 0.348 e. The third kappa shape index (κ3) is 4.51. The highest BCUT2D eigenvalue weighted by molar-refractivity contribution is 7.99. The van der Waals surface area contributed by atoms with E-state index < -0.39 is 0 Å². The van der Waals surface area contributed by atoms with Crippen LogP contribution in [0.5, 0.6) is 0 Å². The van der Waals surface area contributed by atoms with Crippen LogP contribution in [0.4, 0.5) is 0 Å². The van der Waals surface area contributed by atoms with Gasteiger partial charge in [0.2, 0.25) is 5.91 Å². The Bertz CT molecular complexity index is 1170. The SMILES string of the molecule is Cc1noc(-c2cccn3c(CNC(=O)Cc4ccc(SC(C)C)cc4)nnc23)n1. The summed E-state index contributed by atoms with van der Waals surface area (Å²) in [4.78, 5) is 17.8. The fourth-order valence-electron chi connectivity index (χ4n) is 3.04. The first-order valence-corrected chi connectivity index (χ1v) is 10.5.